The molecule has 0 bridgehead atoms. The molecule has 0 fully saturated rings. The molecule has 0 amide bonds. The molecule has 0 atom stereocenters. The molecule has 0 aliphatic heterocycles. The number of nitrogens with zero attached hydrogens (tertiary/aromatic N) is 4. The van der Waals surface area contributed by atoms with E-state index < -0.39 is 5.97 Å². The Morgan fingerprint density at radius 2 is 2.39 bits per heavy atom. The van der Waals surface area contributed by atoms with Crippen LogP contribution in [0, 0.1) is 0 Å². The Morgan fingerprint density at radius 3 is 3.11 bits per heavy atom. The number of hydrogen-bond donors (Lipinski definition) is 1. The van der Waals surface area contributed by atoms with Crippen LogP contribution in [-0.4, -0.2) is 33.2 Å². The zero-order chi connectivity index (χ0) is 12.8. The average molecular weight is 245 g/mol. The van der Waals surface area contributed by atoms with Crippen LogP contribution in [0.15, 0.2) is 30.9 Å². The minimum atomic E-state index is -0.489. The number of nitrogens with one attached hydrogen (secondary N) is 1. The van der Waals surface area contributed by atoms with Gasteiger partial charge in [0.05, 0.1) is 19.3 Å². The van der Waals surface area contributed by atoms with Gasteiger partial charge >= 0.3 is 5.97 Å². The summed E-state index contributed by atoms with van der Waals surface area (Å²) in [5.74, 6) is -0.0836. The summed E-state index contributed by atoms with van der Waals surface area (Å²) >= 11 is 0. The Morgan fingerprint density at radius 1 is 1.50 bits per heavy atom. The number of hydrogen-bond acceptors (Lipinski definition) is 7. The lowest BCUT2D eigenvalue weighted by Gasteiger charge is -2.07. The highest BCUT2D eigenvalue weighted by Gasteiger charge is 2.12. The lowest BCUT2D eigenvalue weighted by molar-refractivity contribution is 0.0601. The fourth-order valence-electron chi connectivity index (χ4n) is 1.33. The average Bonchev–Trinajstić information content (AvgIpc) is 2.45. The molecule has 7 heteroatoms. The topological polar surface area (TPSA) is 89.9 Å². The summed E-state index contributed by atoms with van der Waals surface area (Å²) in [7, 11) is 1.31. The van der Waals surface area contributed by atoms with Crippen LogP contribution < -0.4 is 5.32 Å². The molecule has 92 valence electrons. The van der Waals surface area contributed by atoms with Crippen molar-refractivity contribution < 1.29 is 9.53 Å². The first kappa shape index (κ1) is 11.9. The Hall–Kier alpha value is -2.57. The fourth-order valence-corrected chi connectivity index (χ4v) is 1.33. The van der Waals surface area contributed by atoms with E-state index in [0.29, 0.717) is 12.4 Å². The molecule has 0 saturated heterocycles. The SMILES string of the molecule is COC(=O)c1cncnc1NCc1cccnn1. The lowest BCUT2D eigenvalue weighted by atomic mass is 10.3. The van der Waals surface area contributed by atoms with Crippen LogP contribution in [0.5, 0.6) is 0 Å². The molecule has 0 aromatic carbocycles. The number of anilines is 1. The summed E-state index contributed by atoms with van der Waals surface area (Å²) in [6.45, 7) is 0.412. The van der Waals surface area contributed by atoms with Gasteiger partial charge in [0.15, 0.2) is 0 Å². The van der Waals surface area contributed by atoms with Gasteiger partial charge in [-0.15, -0.1) is 0 Å². The molecule has 2 aromatic heterocycles. The van der Waals surface area contributed by atoms with Crippen molar-refractivity contribution in [1.29, 1.82) is 0 Å². The largest absolute Gasteiger partial charge is 0.465 e. The molecule has 18 heavy (non-hydrogen) atoms. The summed E-state index contributed by atoms with van der Waals surface area (Å²) in [5.41, 5.74) is 1.02. The third kappa shape index (κ3) is 2.76. The number of ether oxygens (including phenoxy) is 1. The Balaban J connectivity index is 2.12. The van der Waals surface area contributed by atoms with Crippen molar-refractivity contribution >= 4 is 11.8 Å². The highest BCUT2D eigenvalue weighted by Crippen LogP contribution is 2.11. The number of aromatic nitrogens is 4. The molecule has 0 radical (unpaired) electrons. The van der Waals surface area contributed by atoms with Crippen LogP contribution in [0.4, 0.5) is 5.82 Å². The lowest BCUT2D eigenvalue weighted by Crippen LogP contribution is -2.11. The zero-order valence-electron chi connectivity index (χ0n) is 9.70. The number of carbonyl (C=O) groups excluding carboxylic acids is 1. The van der Waals surface area contributed by atoms with Crippen LogP contribution in [0.1, 0.15) is 16.1 Å². The minimum Gasteiger partial charge on any atom is -0.465 e. The molecular formula is C11H11N5O2. The Bertz CT molecular complexity index is 532. The molecule has 2 heterocycles. The fraction of sp³-hybridized carbons (Fsp3) is 0.182. The first-order chi connectivity index (χ1) is 8.81. The van der Waals surface area contributed by atoms with Gasteiger partial charge < -0.3 is 10.1 Å². The minimum absolute atomic E-state index is 0.281. The standard InChI is InChI=1S/C11H11N5O2/c1-18-11(17)9-6-12-7-14-10(9)13-5-8-3-2-4-15-16-8/h2-4,6-7H,5H2,1H3,(H,12,13,14). The van der Waals surface area contributed by atoms with E-state index in [9.17, 15) is 4.79 Å². The first-order valence-electron chi connectivity index (χ1n) is 5.20. The summed E-state index contributed by atoms with van der Waals surface area (Å²) < 4.78 is 4.64. The number of carbonyl (C=O) groups is 1. The highest BCUT2D eigenvalue weighted by molar-refractivity contribution is 5.94. The van der Waals surface area contributed by atoms with E-state index >= 15 is 0 Å². The van der Waals surface area contributed by atoms with Gasteiger partial charge in [-0.25, -0.2) is 14.8 Å². The quantitative estimate of drug-likeness (QED) is 0.791. The number of rotatable bonds is 4. The predicted octanol–water partition coefficient (Wildman–Crippen LogP) is 0.665. The first-order valence-corrected chi connectivity index (χ1v) is 5.20. The summed E-state index contributed by atoms with van der Waals surface area (Å²) in [6.07, 6.45) is 4.34. The second-order valence-electron chi connectivity index (χ2n) is 3.35. The van der Waals surface area contributed by atoms with Crippen LogP contribution in [-0.2, 0) is 11.3 Å². The molecule has 1 N–H and O–H groups in total. The van der Waals surface area contributed by atoms with Crippen molar-refractivity contribution in [2.75, 3.05) is 12.4 Å². The number of methoxy groups -OCH3 is 1. The second kappa shape index (κ2) is 5.67. The van der Waals surface area contributed by atoms with Gasteiger partial charge in [0.1, 0.15) is 17.7 Å². The van der Waals surface area contributed by atoms with E-state index in [2.05, 4.69) is 30.2 Å². The molecule has 0 saturated carbocycles. The van der Waals surface area contributed by atoms with Gasteiger partial charge in [-0.2, -0.15) is 10.2 Å². The van der Waals surface area contributed by atoms with E-state index in [1.54, 1.807) is 12.3 Å². The van der Waals surface area contributed by atoms with Crippen molar-refractivity contribution in [2.24, 2.45) is 0 Å². The summed E-state index contributed by atoms with van der Waals surface area (Å²) in [6, 6.07) is 3.60. The van der Waals surface area contributed by atoms with Crippen molar-refractivity contribution in [1.82, 2.24) is 20.2 Å². The molecule has 0 aliphatic rings. The molecule has 2 rings (SSSR count). The third-order valence-electron chi connectivity index (χ3n) is 2.18. The van der Waals surface area contributed by atoms with Crippen LogP contribution in [0.2, 0.25) is 0 Å². The van der Waals surface area contributed by atoms with E-state index in [0.717, 1.165) is 5.69 Å². The molecule has 0 spiro atoms. The van der Waals surface area contributed by atoms with Gasteiger partial charge in [-0.05, 0) is 12.1 Å². The van der Waals surface area contributed by atoms with Crippen LogP contribution >= 0.6 is 0 Å². The van der Waals surface area contributed by atoms with Gasteiger partial charge in [0, 0.05) is 12.4 Å². The Labute approximate surface area is 103 Å². The maximum Gasteiger partial charge on any atom is 0.343 e. The summed E-state index contributed by atoms with van der Waals surface area (Å²) in [5, 5.41) is 10.7. The van der Waals surface area contributed by atoms with Crippen molar-refractivity contribution in [3.05, 3.63) is 42.1 Å². The zero-order valence-corrected chi connectivity index (χ0v) is 9.70. The van der Waals surface area contributed by atoms with Gasteiger partial charge in [-0.1, -0.05) is 0 Å². The molecule has 2 aromatic rings. The van der Waals surface area contributed by atoms with Crippen molar-refractivity contribution in [3.63, 3.8) is 0 Å². The van der Waals surface area contributed by atoms with Crippen LogP contribution in [0.25, 0.3) is 0 Å². The number of esters is 1. The van der Waals surface area contributed by atoms with Gasteiger partial charge in [-0.3, -0.25) is 0 Å². The predicted molar refractivity (Wildman–Crippen MR) is 62.7 cm³/mol. The smallest absolute Gasteiger partial charge is 0.343 e. The van der Waals surface area contributed by atoms with E-state index in [1.165, 1.54) is 19.6 Å². The van der Waals surface area contributed by atoms with E-state index in [1.807, 2.05) is 6.07 Å². The van der Waals surface area contributed by atoms with E-state index in [4.69, 9.17) is 0 Å². The Kier molecular flexibility index (Phi) is 3.75. The highest BCUT2D eigenvalue weighted by atomic mass is 16.5. The van der Waals surface area contributed by atoms with E-state index in [-0.39, 0.29) is 5.56 Å². The van der Waals surface area contributed by atoms with Crippen LogP contribution in [0.3, 0.4) is 0 Å². The van der Waals surface area contributed by atoms with Crippen molar-refractivity contribution in [3.8, 4) is 0 Å². The molecule has 0 unspecified atom stereocenters. The molecule has 0 aliphatic carbocycles. The molecular weight excluding hydrogens is 234 g/mol. The van der Waals surface area contributed by atoms with Crippen molar-refractivity contribution in [2.45, 2.75) is 6.54 Å². The summed E-state index contributed by atoms with van der Waals surface area (Å²) in [4.78, 5) is 19.3. The third-order valence-corrected chi connectivity index (χ3v) is 2.18. The maximum atomic E-state index is 11.5. The monoisotopic (exact) mass is 245 g/mol. The maximum absolute atomic E-state index is 11.5. The normalized spacial score (nSPS) is 9.83. The molecule has 7 nitrogen and oxygen atoms in total. The second-order valence-corrected chi connectivity index (χ2v) is 3.35. The van der Waals surface area contributed by atoms with Gasteiger partial charge in [0.2, 0.25) is 0 Å². The van der Waals surface area contributed by atoms with Gasteiger partial charge in [0.25, 0.3) is 0 Å².